The number of rotatable bonds is 7. The van der Waals surface area contributed by atoms with Gasteiger partial charge in [0.05, 0.1) is 16.6 Å². The van der Waals surface area contributed by atoms with Gasteiger partial charge in [0.1, 0.15) is 12.4 Å². The van der Waals surface area contributed by atoms with Crippen LogP contribution in [0.2, 0.25) is 0 Å². The summed E-state index contributed by atoms with van der Waals surface area (Å²) in [7, 11) is 1.55. The molecule has 20 heavy (non-hydrogen) atoms. The van der Waals surface area contributed by atoms with Crippen molar-refractivity contribution in [3.8, 4) is 5.75 Å². The zero-order chi connectivity index (χ0) is 15.1. The second-order valence-electron chi connectivity index (χ2n) is 3.71. The van der Waals surface area contributed by atoms with Crippen LogP contribution >= 0.6 is 15.9 Å². The Bertz CT molecular complexity index is 505. The Labute approximate surface area is 124 Å². The summed E-state index contributed by atoms with van der Waals surface area (Å²) in [6.07, 6.45) is 0.686. The molecular weight excluding hydrogens is 334 g/mol. The maximum absolute atomic E-state index is 11.6. The first-order valence-electron chi connectivity index (χ1n) is 5.81. The van der Waals surface area contributed by atoms with Crippen molar-refractivity contribution in [1.29, 1.82) is 0 Å². The van der Waals surface area contributed by atoms with Crippen molar-refractivity contribution in [3.63, 3.8) is 0 Å². The van der Waals surface area contributed by atoms with E-state index < -0.39 is 11.1 Å². The van der Waals surface area contributed by atoms with Crippen molar-refractivity contribution in [2.45, 2.75) is 13.3 Å². The summed E-state index contributed by atoms with van der Waals surface area (Å²) in [5.74, 6) is -0.594. The van der Waals surface area contributed by atoms with Crippen LogP contribution in [-0.2, 0) is 16.0 Å². The quantitative estimate of drug-likeness (QED) is 0.427. The number of aryl methyl sites for hydroxylation is 1. The SMILES string of the molecule is CCc1ccc(C(=O)O[N+](=O)[O-])c(Br)c1OCCOC. The Morgan fingerprint density at radius 1 is 1.40 bits per heavy atom. The zero-order valence-electron chi connectivity index (χ0n) is 11.1. The first kappa shape index (κ1) is 16.4. The van der Waals surface area contributed by atoms with Crippen LogP contribution < -0.4 is 4.74 Å². The minimum absolute atomic E-state index is 0.0336. The van der Waals surface area contributed by atoms with Crippen molar-refractivity contribution < 1.29 is 24.2 Å². The Balaban J connectivity index is 3.06. The van der Waals surface area contributed by atoms with E-state index in [1.165, 1.54) is 6.07 Å². The van der Waals surface area contributed by atoms with Gasteiger partial charge in [-0.1, -0.05) is 13.0 Å². The van der Waals surface area contributed by atoms with Gasteiger partial charge < -0.3 is 9.47 Å². The smallest absolute Gasteiger partial charge is 0.335 e. The molecule has 110 valence electrons. The van der Waals surface area contributed by atoms with Crippen LogP contribution in [0.4, 0.5) is 0 Å². The van der Waals surface area contributed by atoms with Gasteiger partial charge in [-0.05, 0) is 34.0 Å². The second-order valence-corrected chi connectivity index (χ2v) is 4.51. The molecule has 8 heteroatoms. The Hall–Kier alpha value is -1.67. The molecule has 0 saturated carbocycles. The lowest BCUT2D eigenvalue weighted by atomic mass is 10.1. The molecule has 0 radical (unpaired) electrons. The first-order chi connectivity index (χ1) is 9.51. The van der Waals surface area contributed by atoms with Crippen molar-refractivity contribution in [2.75, 3.05) is 20.3 Å². The molecule has 1 aromatic rings. The van der Waals surface area contributed by atoms with Gasteiger partial charge in [0.15, 0.2) is 0 Å². The Morgan fingerprint density at radius 2 is 2.10 bits per heavy atom. The molecule has 0 heterocycles. The fourth-order valence-electron chi connectivity index (χ4n) is 1.53. The van der Waals surface area contributed by atoms with Gasteiger partial charge in [-0.3, -0.25) is 4.79 Å². The highest BCUT2D eigenvalue weighted by molar-refractivity contribution is 9.10. The number of carbonyl (C=O) groups is 1. The minimum atomic E-state index is -1.14. The van der Waals surface area contributed by atoms with E-state index in [4.69, 9.17) is 9.47 Å². The maximum Gasteiger partial charge on any atom is 0.335 e. The molecule has 0 unspecified atom stereocenters. The molecule has 0 saturated heterocycles. The van der Waals surface area contributed by atoms with Crippen LogP contribution in [0.5, 0.6) is 5.75 Å². The maximum atomic E-state index is 11.6. The van der Waals surface area contributed by atoms with E-state index in [2.05, 4.69) is 20.8 Å². The van der Waals surface area contributed by atoms with Crippen molar-refractivity contribution in [2.24, 2.45) is 0 Å². The third kappa shape index (κ3) is 4.17. The predicted octanol–water partition coefficient (Wildman–Crippen LogP) is 2.39. The molecule has 0 aliphatic heterocycles. The molecule has 1 rings (SSSR count). The summed E-state index contributed by atoms with van der Waals surface area (Å²) in [6, 6.07) is 3.13. The van der Waals surface area contributed by atoms with Gasteiger partial charge in [0, 0.05) is 7.11 Å². The second kappa shape index (κ2) is 7.81. The van der Waals surface area contributed by atoms with Gasteiger partial charge in [0.2, 0.25) is 0 Å². The molecule has 0 aliphatic carbocycles. The third-order valence-electron chi connectivity index (χ3n) is 2.47. The van der Waals surface area contributed by atoms with Gasteiger partial charge >= 0.3 is 11.1 Å². The number of halogens is 1. The summed E-state index contributed by atoms with van der Waals surface area (Å²) in [6.45, 7) is 2.62. The summed E-state index contributed by atoms with van der Waals surface area (Å²) in [5, 5.41) is 9.07. The molecule has 1 aromatic carbocycles. The average Bonchev–Trinajstić information content (AvgIpc) is 2.39. The van der Waals surface area contributed by atoms with E-state index in [9.17, 15) is 14.9 Å². The van der Waals surface area contributed by atoms with E-state index in [0.29, 0.717) is 29.9 Å². The van der Waals surface area contributed by atoms with E-state index in [1.54, 1.807) is 13.2 Å². The molecule has 0 N–H and O–H groups in total. The lowest BCUT2D eigenvalue weighted by Crippen LogP contribution is -2.13. The van der Waals surface area contributed by atoms with E-state index in [1.807, 2.05) is 6.92 Å². The van der Waals surface area contributed by atoms with E-state index in [0.717, 1.165) is 5.56 Å². The summed E-state index contributed by atoms with van der Waals surface area (Å²) in [5.41, 5.74) is 0.900. The average molecular weight is 348 g/mol. The molecule has 0 amide bonds. The normalized spacial score (nSPS) is 10.2. The minimum Gasteiger partial charge on any atom is -0.490 e. The highest BCUT2D eigenvalue weighted by Crippen LogP contribution is 2.33. The highest BCUT2D eigenvalue weighted by Gasteiger charge is 2.19. The molecule has 0 atom stereocenters. The van der Waals surface area contributed by atoms with Gasteiger partial charge in [0.25, 0.3) is 0 Å². The van der Waals surface area contributed by atoms with Gasteiger partial charge in [-0.25, -0.2) is 4.84 Å². The number of carbonyl (C=O) groups excluding carboxylic acids is 1. The fraction of sp³-hybridized carbons (Fsp3) is 0.417. The zero-order valence-corrected chi connectivity index (χ0v) is 12.6. The third-order valence-corrected chi connectivity index (χ3v) is 3.26. The van der Waals surface area contributed by atoms with Crippen LogP contribution in [0, 0.1) is 10.1 Å². The lowest BCUT2D eigenvalue weighted by Gasteiger charge is -2.14. The van der Waals surface area contributed by atoms with Crippen LogP contribution in [0.1, 0.15) is 22.8 Å². The number of benzene rings is 1. The topological polar surface area (TPSA) is 87.9 Å². The first-order valence-corrected chi connectivity index (χ1v) is 6.60. The van der Waals surface area contributed by atoms with Crippen molar-refractivity contribution in [3.05, 3.63) is 37.8 Å². The fourth-order valence-corrected chi connectivity index (χ4v) is 2.20. The number of ether oxygens (including phenoxy) is 2. The van der Waals surface area contributed by atoms with Gasteiger partial charge in [-0.15, -0.1) is 10.1 Å². The number of nitrogens with zero attached hydrogens (tertiary/aromatic N) is 1. The van der Waals surface area contributed by atoms with Crippen molar-refractivity contribution in [1.82, 2.24) is 0 Å². The standard InChI is InChI=1S/C12H14BrNO6/c1-3-8-4-5-9(12(15)20-14(16)17)10(13)11(8)19-7-6-18-2/h4-5H,3,6-7H2,1-2H3. The lowest BCUT2D eigenvalue weighted by molar-refractivity contribution is -0.727. The molecular formula is C12H14BrNO6. The largest absolute Gasteiger partial charge is 0.490 e. The molecule has 0 bridgehead atoms. The number of hydrogen-bond donors (Lipinski definition) is 0. The number of methoxy groups -OCH3 is 1. The highest BCUT2D eigenvalue weighted by atomic mass is 79.9. The molecule has 0 spiro atoms. The monoisotopic (exact) mass is 347 g/mol. The number of hydrogen-bond acceptors (Lipinski definition) is 6. The van der Waals surface area contributed by atoms with Crippen molar-refractivity contribution >= 4 is 21.9 Å². The Kier molecular flexibility index (Phi) is 6.40. The molecule has 7 nitrogen and oxygen atoms in total. The van der Waals surface area contributed by atoms with Crippen LogP contribution in [0.25, 0.3) is 0 Å². The summed E-state index contributed by atoms with van der Waals surface area (Å²) >= 11 is 3.23. The summed E-state index contributed by atoms with van der Waals surface area (Å²) < 4.78 is 10.8. The van der Waals surface area contributed by atoms with E-state index in [-0.39, 0.29) is 5.56 Å². The molecule has 0 aromatic heterocycles. The van der Waals surface area contributed by atoms with Gasteiger partial charge in [-0.2, -0.15) is 0 Å². The molecule has 0 aliphatic rings. The van der Waals surface area contributed by atoms with Crippen LogP contribution in [-0.4, -0.2) is 31.4 Å². The summed E-state index contributed by atoms with van der Waals surface area (Å²) in [4.78, 5) is 25.7. The van der Waals surface area contributed by atoms with Crippen LogP contribution in [0.3, 0.4) is 0 Å². The van der Waals surface area contributed by atoms with Crippen LogP contribution in [0.15, 0.2) is 16.6 Å². The predicted molar refractivity (Wildman–Crippen MR) is 73.3 cm³/mol. The Morgan fingerprint density at radius 3 is 2.65 bits per heavy atom. The molecule has 0 fully saturated rings. The van der Waals surface area contributed by atoms with E-state index >= 15 is 0 Å².